The smallest absolute Gasteiger partial charge is 0.241 e. The molecule has 4 nitrogen and oxygen atoms in total. The molecule has 0 saturated heterocycles. The molecular formula is C12H19BrN2O2S. The summed E-state index contributed by atoms with van der Waals surface area (Å²) in [5, 5.41) is 3.19. The second kappa shape index (κ2) is 6.65. The van der Waals surface area contributed by atoms with E-state index in [4.69, 9.17) is 0 Å². The van der Waals surface area contributed by atoms with Gasteiger partial charge in [0.05, 0.1) is 4.90 Å². The highest BCUT2D eigenvalue weighted by molar-refractivity contribution is 9.10. The van der Waals surface area contributed by atoms with Crippen molar-refractivity contribution in [3.63, 3.8) is 0 Å². The predicted molar refractivity (Wildman–Crippen MR) is 77.1 cm³/mol. The Labute approximate surface area is 117 Å². The minimum Gasteiger partial charge on any atom is -0.313 e. The first-order valence-electron chi connectivity index (χ1n) is 5.91. The molecule has 2 N–H and O–H groups in total. The topological polar surface area (TPSA) is 58.2 Å². The largest absolute Gasteiger partial charge is 0.313 e. The van der Waals surface area contributed by atoms with Crippen LogP contribution in [0, 0.1) is 6.92 Å². The Kier molecular flexibility index (Phi) is 5.78. The standard InChI is InChI=1S/C12H19BrN2O2S/c1-4-14-8-10-6-9(3)12(13)11(7-10)18(16,17)15-5-2/h6-7,14-15H,4-5,8H2,1-3H3. The van der Waals surface area contributed by atoms with Crippen LogP contribution in [0.5, 0.6) is 0 Å². The molecule has 0 fully saturated rings. The van der Waals surface area contributed by atoms with Crippen molar-refractivity contribution in [2.75, 3.05) is 13.1 Å². The van der Waals surface area contributed by atoms with E-state index in [1.165, 1.54) is 0 Å². The number of benzene rings is 1. The summed E-state index contributed by atoms with van der Waals surface area (Å²) in [4.78, 5) is 0.303. The zero-order chi connectivity index (χ0) is 13.8. The molecule has 0 spiro atoms. The lowest BCUT2D eigenvalue weighted by atomic mass is 10.1. The molecule has 0 heterocycles. The van der Waals surface area contributed by atoms with Gasteiger partial charge >= 0.3 is 0 Å². The third-order valence-electron chi connectivity index (χ3n) is 2.48. The number of aryl methyl sites for hydroxylation is 1. The van der Waals surface area contributed by atoms with Crippen molar-refractivity contribution in [1.29, 1.82) is 0 Å². The fraction of sp³-hybridized carbons (Fsp3) is 0.500. The number of sulfonamides is 1. The van der Waals surface area contributed by atoms with Crippen LogP contribution in [0.25, 0.3) is 0 Å². The maximum absolute atomic E-state index is 12.1. The van der Waals surface area contributed by atoms with Gasteiger partial charge in [-0.15, -0.1) is 0 Å². The molecule has 0 amide bonds. The Balaban J connectivity index is 3.22. The van der Waals surface area contributed by atoms with E-state index in [-0.39, 0.29) is 0 Å². The average Bonchev–Trinajstić information content (AvgIpc) is 2.30. The van der Waals surface area contributed by atoms with Gasteiger partial charge in [-0.05, 0) is 46.6 Å². The molecule has 0 aromatic heterocycles. The van der Waals surface area contributed by atoms with E-state index in [1.54, 1.807) is 13.0 Å². The van der Waals surface area contributed by atoms with Gasteiger partial charge in [0.2, 0.25) is 10.0 Å². The highest BCUT2D eigenvalue weighted by Crippen LogP contribution is 2.27. The molecule has 0 radical (unpaired) electrons. The van der Waals surface area contributed by atoms with E-state index in [2.05, 4.69) is 26.0 Å². The number of rotatable bonds is 6. The quantitative estimate of drug-likeness (QED) is 0.838. The Morgan fingerprint density at radius 3 is 2.44 bits per heavy atom. The van der Waals surface area contributed by atoms with Crippen LogP contribution in [0.3, 0.4) is 0 Å². The first-order chi connectivity index (χ1) is 8.42. The van der Waals surface area contributed by atoms with E-state index in [1.807, 2.05) is 19.9 Å². The molecule has 1 aromatic carbocycles. The fourth-order valence-corrected chi connectivity index (χ4v) is 3.75. The van der Waals surface area contributed by atoms with Crippen LogP contribution in [-0.4, -0.2) is 21.5 Å². The second-order valence-corrected chi connectivity index (χ2v) is 6.53. The maximum atomic E-state index is 12.1. The van der Waals surface area contributed by atoms with Crippen LogP contribution in [0.1, 0.15) is 25.0 Å². The van der Waals surface area contributed by atoms with Gasteiger partial charge in [0, 0.05) is 17.6 Å². The van der Waals surface area contributed by atoms with Crippen LogP contribution in [-0.2, 0) is 16.6 Å². The molecule has 0 bridgehead atoms. The molecule has 0 unspecified atom stereocenters. The average molecular weight is 335 g/mol. The minimum absolute atomic E-state index is 0.303. The highest BCUT2D eigenvalue weighted by atomic mass is 79.9. The number of hydrogen-bond acceptors (Lipinski definition) is 3. The highest BCUT2D eigenvalue weighted by Gasteiger charge is 2.18. The van der Waals surface area contributed by atoms with Crippen molar-refractivity contribution in [2.45, 2.75) is 32.2 Å². The summed E-state index contributed by atoms with van der Waals surface area (Å²) in [5.74, 6) is 0. The number of nitrogens with one attached hydrogen (secondary N) is 2. The van der Waals surface area contributed by atoms with Crippen LogP contribution in [0.2, 0.25) is 0 Å². The molecule has 1 rings (SSSR count). The zero-order valence-electron chi connectivity index (χ0n) is 10.9. The van der Waals surface area contributed by atoms with E-state index in [0.29, 0.717) is 22.5 Å². The van der Waals surface area contributed by atoms with Gasteiger partial charge in [0.25, 0.3) is 0 Å². The SMILES string of the molecule is CCNCc1cc(C)c(Br)c(S(=O)(=O)NCC)c1. The molecule has 0 aliphatic heterocycles. The Bertz CT molecular complexity index is 515. The van der Waals surface area contributed by atoms with E-state index >= 15 is 0 Å². The van der Waals surface area contributed by atoms with E-state index in [0.717, 1.165) is 17.7 Å². The van der Waals surface area contributed by atoms with E-state index in [9.17, 15) is 8.42 Å². The van der Waals surface area contributed by atoms with Gasteiger partial charge in [-0.1, -0.05) is 19.9 Å². The molecule has 0 atom stereocenters. The Hall–Kier alpha value is -0.430. The van der Waals surface area contributed by atoms with Crippen molar-refractivity contribution in [3.8, 4) is 0 Å². The fourth-order valence-electron chi connectivity index (χ4n) is 1.64. The Morgan fingerprint density at radius 1 is 1.22 bits per heavy atom. The normalized spacial score (nSPS) is 11.8. The van der Waals surface area contributed by atoms with Crippen LogP contribution in [0.4, 0.5) is 0 Å². The summed E-state index contributed by atoms with van der Waals surface area (Å²) in [5.41, 5.74) is 1.89. The van der Waals surface area contributed by atoms with Crippen molar-refractivity contribution in [3.05, 3.63) is 27.7 Å². The van der Waals surface area contributed by atoms with Crippen LogP contribution in [0.15, 0.2) is 21.5 Å². The monoisotopic (exact) mass is 334 g/mol. The lowest BCUT2D eigenvalue weighted by Gasteiger charge is -2.12. The third kappa shape index (κ3) is 3.78. The lowest BCUT2D eigenvalue weighted by Crippen LogP contribution is -2.24. The van der Waals surface area contributed by atoms with E-state index < -0.39 is 10.0 Å². The Morgan fingerprint density at radius 2 is 1.89 bits per heavy atom. The van der Waals surface area contributed by atoms with Crippen LogP contribution < -0.4 is 10.0 Å². The second-order valence-electron chi connectivity index (χ2n) is 4.01. The minimum atomic E-state index is -3.44. The molecule has 102 valence electrons. The van der Waals surface area contributed by atoms with Gasteiger partial charge in [-0.3, -0.25) is 0 Å². The van der Waals surface area contributed by atoms with Gasteiger partial charge in [0.15, 0.2) is 0 Å². The number of hydrogen-bond donors (Lipinski definition) is 2. The number of halogens is 1. The van der Waals surface area contributed by atoms with Crippen molar-refractivity contribution < 1.29 is 8.42 Å². The third-order valence-corrected chi connectivity index (χ3v) is 5.37. The lowest BCUT2D eigenvalue weighted by molar-refractivity contribution is 0.583. The first kappa shape index (κ1) is 15.6. The zero-order valence-corrected chi connectivity index (χ0v) is 13.3. The molecule has 0 saturated carbocycles. The molecule has 6 heteroatoms. The maximum Gasteiger partial charge on any atom is 0.241 e. The van der Waals surface area contributed by atoms with Crippen molar-refractivity contribution >= 4 is 26.0 Å². The van der Waals surface area contributed by atoms with Gasteiger partial charge in [-0.2, -0.15) is 0 Å². The summed E-state index contributed by atoms with van der Waals surface area (Å²) in [7, 11) is -3.44. The predicted octanol–water partition coefficient (Wildman–Crippen LogP) is 2.17. The summed E-state index contributed by atoms with van der Waals surface area (Å²) >= 11 is 3.35. The van der Waals surface area contributed by atoms with Crippen LogP contribution >= 0.6 is 15.9 Å². The summed E-state index contributed by atoms with van der Waals surface area (Å²) in [6.45, 7) is 7.57. The molecule has 18 heavy (non-hydrogen) atoms. The molecular weight excluding hydrogens is 316 g/mol. The molecule has 0 aliphatic rings. The molecule has 0 aliphatic carbocycles. The first-order valence-corrected chi connectivity index (χ1v) is 8.19. The summed E-state index contributed by atoms with van der Waals surface area (Å²) in [6.07, 6.45) is 0. The van der Waals surface area contributed by atoms with Gasteiger partial charge in [0.1, 0.15) is 0 Å². The summed E-state index contributed by atoms with van der Waals surface area (Å²) < 4.78 is 27.3. The molecule has 1 aromatic rings. The summed E-state index contributed by atoms with van der Waals surface area (Å²) in [6, 6.07) is 3.69. The van der Waals surface area contributed by atoms with Gasteiger partial charge in [-0.25, -0.2) is 13.1 Å². The van der Waals surface area contributed by atoms with Crippen molar-refractivity contribution in [2.24, 2.45) is 0 Å². The van der Waals surface area contributed by atoms with Gasteiger partial charge < -0.3 is 5.32 Å². The van der Waals surface area contributed by atoms with Crippen molar-refractivity contribution in [1.82, 2.24) is 10.0 Å².